The number of benzene rings is 2. The highest BCUT2D eigenvalue weighted by Gasteiger charge is 2.31. The van der Waals surface area contributed by atoms with Gasteiger partial charge in [-0.3, -0.25) is 14.4 Å². The van der Waals surface area contributed by atoms with Crippen LogP contribution in [-0.4, -0.2) is 36.3 Å². The molecule has 3 N–H and O–H groups in total. The van der Waals surface area contributed by atoms with E-state index in [1.807, 2.05) is 0 Å². The van der Waals surface area contributed by atoms with E-state index in [1.165, 1.54) is 6.07 Å². The van der Waals surface area contributed by atoms with Gasteiger partial charge in [0.2, 0.25) is 5.91 Å². The van der Waals surface area contributed by atoms with Crippen molar-refractivity contribution in [3.05, 3.63) is 70.2 Å². The zero-order valence-electron chi connectivity index (χ0n) is 16.8. The number of amides is 3. The quantitative estimate of drug-likeness (QED) is 0.607. The van der Waals surface area contributed by atoms with Crippen LogP contribution >= 0.6 is 11.6 Å². The topological polar surface area (TPSA) is 87.3 Å². The van der Waals surface area contributed by atoms with E-state index in [1.54, 1.807) is 24.3 Å². The summed E-state index contributed by atoms with van der Waals surface area (Å²) in [7, 11) is 0. The summed E-state index contributed by atoms with van der Waals surface area (Å²) >= 11 is 5.83. The van der Waals surface area contributed by atoms with Crippen molar-refractivity contribution in [1.82, 2.24) is 16.0 Å². The summed E-state index contributed by atoms with van der Waals surface area (Å²) in [4.78, 5) is 36.8. The highest BCUT2D eigenvalue weighted by Crippen LogP contribution is 2.29. The van der Waals surface area contributed by atoms with Gasteiger partial charge in [-0.05, 0) is 61.7 Å². The standard InChI is InChI=1S/C22H21ClF3N3O3/c23-16-9-7-13(8-10-16)21(32)29-18-6-2-5-17(18)28-19(30)12-27-20(31)14-3-1-4-15(11-14)22(24,25)26/h1,3-4,7-11,17-18H,2,5-6,12H2,(H,27,31)(H,28,30)(H,29,32)/t17-,18+/m0/s1. The molecule has 10 heteroatoms. The molecule has 1 aliphatic rings. The lowest BCUT2D eigenvalue weighted by atomic mass is 10.1. The van der Waals surface area contributed by atoms with Crippen LogP contribution in [0.5, 0.6) is 0 Å². The molecule has 1 aliphatic carbocycles. The molecule has 0 aliphatic heterocycles. The van der Waals surface area contributed by atoms with Gasteiger partial charge in [-0.1, -0.05) is 17.7 Å². The summed E-state index contributed by atoms with van der Waals surface area (Å²) in [5.74, 6) is -1.57. The monoisotopic (exact) mass is 467 g/mol. The Morgan fingerprint density at radius 3 is 2.22 bits per heavy atom. The SMILES string of the molecule is O=C(CNC(=O)c1cccc(C(F)(F)F)c1)N[C@H]1CCC[C@H]1NC(=O)c1ccc(Cl)cc1. The fourth-order valence-corrected chi connectivity index (χ4v) is 3.64. The molecule has 170 valence electrons. The molecule has 0 heterocycles. The summed E-state index contributed by atoms with van der Waals surface area (Å²) in [5.41, 5.74) is -0.693. The second-order valence-electron chi connectivity index (χ2n) is 7.45. The summed E-state index contributed by atoms with van der Waals surface area (Å²) in [6.45, 7) is -0.399. The van der Waals surface area contributed by atoms with Gasteiger partial charge in [0.25, 0.3) is 11.8 Å². The summed E-state index contributed by atoms with van der Waals surface area (Å²) < 4.78 is 38.4. The Kier molecular flexibility index (Phi) is 7.40. The van der Waals surface area contributed by atoms with Gasteiger partial charge in [-0.15, -0.1) is 0 Å². The Morgan fingerprint density at radius 1 is 0.906 bits per heavy atom. The van der Waals surface area contributed by atoms with Crippen molar-refractivity contribution in [3.63, 3.8) is 0 Å². The third-order valence-electron chi connectivity index (χ3n) is 5.15. The third-order valence-corrected chi connectivity index (χ3v) is 5.40. The predicted octanol–water partition coefficient (Wildman–Crippen LogP) is 3.56. The van der Waals surface area contributed by atoms with E-state index < -0.39 is 30.1 Å². The maximum atomic E-state index is 12.8. The van der Waals surface area contributed by atoms with Gasteiger partial charge in [0.05, 0.1) is 12.1 Å². The fourth-order valence-electron chi connectivity index (χ4n) is 3.52. The van der Waals surface area contributed by atoms with E-state index in [-0.39, 0.29) is 23.6 Å². The molecule has 0 unspecified atom stereocenters. The van der Waals surface area contributed by atoms with Crippen LogP contribution in [-0.2, 0) is 11.0 Å². The minimum absolute atomic E-state index is 0.193. The average Bonchev–Trinajstić information content (AvgIpc) is 3.18. The number of carbonyl (C=O) groups excluding carboxylic acids is 3. The molecular formula is C22H21ClF3N3O3. The number of rotatable bonds is 6. The molecule has 0 spiro atoms. The van der Waals surface area contributed by atoms with Gasteiger partial charge in [0.1, 0.15) is 0 Å². The van der Waals surface area contributed by atoms with E-state index in [2.05, 4.69) is 16.0 Å². The lowest BCUT2D eigenvalue weighted by Crippen LogP contribution is -2.50. The second kappa shape index (κ2) is 10.0. The molecule has 2 aromatic carbocycles. The molecular weight excluding hydrogens is 447 g/mol. The molecule has 2 aromatic rings. The van der Waals surface area contributed by atoms with Crippen molar-refractivity contribution in [2.45, 2.75) is 37.5 Å². The highest BCUT2D eigenvalue weighted by atomic mass is 35.5. The summed E-state index contributed by atoms with van der Waals surface area (Å²) in [5, 5.41) is 8.49. The molecule has 32 heavy (non-hydrogen) atoms. The molecule has 1 fully saturated rings. The molecule has 6 nitrogen and oxygen atoms in total. The molecule has 1 saturated carbocycles. The van der Waals surface area contributed by atoms with Crippen LogP contribution in [0.15, 0.2) is 48.5 Å². The first-order valence-corrected chi connectivity index (χ1v) is 10.3. The van der Waals surface area contributed by atoms with Crippen molar-refractivity contribution in [1.29, 1.82) is 0 Å². The summed E-state index contributed by atoms with van der Waals surface area (Å²) in [6, 6.07) is 9.79. The van der Waals surface area contributed by atoms with Crippen LogP contribution in [0.25, 0.3) is 0 Å². The first-order chi connectivity index (χ1) is 15.1. The van der Waals surface area contributed by atoms with Crippen LogP contribution in [0.3, 0.4) is 0 Å². The van der Waals surface area contributed by atoms with Crippen molar-refractivity contribution >= 4 is 29.3 Å². The predicted molar refractivity (Wildman–Crippen MR) is 112 cm³/mol. The molecule has 3 amide bonds. The minimum Gasteiger partial charge on any atom is -0.350 e. The van der Waals surface area contributed by atoms with Gasteiger partial charge >= 0.3 is 6.18 Å². The highest BCUT2D eigenvalue weighted by molar-refractivity contribution is 6.30. The molecule has 2 atom stereocenters. The van der Waals surface area contributed by atoms with E-state index in [0.717, 1.165) is 24.6 Å². The number of hydrogen-bond acceptors (Lipinski definition) is 3. The van der Waals surface area contributed by atoms with E-state index in [4.69, 9.17) is 11.6 Å². The number of carbonyl (C=O) groups is 3. The Labute approximate surface area is 187 Å². The number of nitrogens with one attached hydrogen (secondary N) is 3. The molecule has 0 saturated heterocycles. The lowest BCUT2D eigenvalue weighted by Gasteiger charge is -2.22. The Bertz CT molecular complexity index is 996. The van der Waals surface area contributed by atoms with Gasteiger partial charge in [0, 0.05) is 28.2 Å². The Hall–Kier alpha value is -3.07. The number of hydrogen-bond donors (Lipinski definition) is 3. The maximum Gasteiger partial charge on any atom is 0.416 e. The summed E-state index contributed by atoms with van der Waals surface area (Å²) in [6.07, 6.45) is -2.44. The van der Waals surface area contributed by atoms with Crippen LogP contribution in [0.1, 0.15) is 45.5 Å². The normalized spacial score (nSPS) is 18.1. The van der Waals surface area contributed by atoms with Gasteiger partial charge < -0.3 is 16.0 Å². The zero-order chi connectivity index (χ0) is 23.3. The van der Waals surface area contributed by atoms with Crippen molar-refractivity contribution < 1.29 is 27.6 Å². The van der Waals surface area contributed by atoms with Gasteiger partial charge in [0.15, 0.2) is 0 Å². The Morgan fingerprint density at radius 2 is 1.56 bits per heavy atom. The van der Waals surface area contributed by atoms with Crippen molar-refractivity contribution in [3.8, 4) is 0 Å². The largest absolute Gasteiger partial charge is 0.416 e. The smallest absolute Gasteiger partial charge is 0.350 e. The van der Waals surface area contributed by atoms with E-state index >= 15 is 0 Å². The van der Waals surface area contributed by atoms with E-state index in [9.17, 15) is 27.6 Å². The lowest BCUT2D eigenvalue weighted by molar-refractivity contribution is -0.137. The molecule has 0 bridgehead atoms. The van der Waals surface area contributed by atoms with E-state index in [0.29, 0.717) is 23.4 Å². The molecule has 0 aromatic heterocycles. The molecule has 0 radical (unpaired) electrons. The zero-order valence-corrected chi connectivity index (χ0v) is 17.6. The maximum absolute atomic E-state index is 12.8. The minimum atomic E-state index is -4.57. The van der Waals surface area contributed by atoms with Gasteiger partial charge in [-0.2, -0.15) is 13.2 Å². The first-order valence-electron chi connectivity index (χ1n) is 9.95. The Balaban J connectivity index is 1.51. The van der Waals surface area contributed by atoms with Crippen LogP contribution < -0.4 is 16.0 Å². The average molecular weight is 468 g/mol. The van der Waals surface area contributed by atoms with Crippen molar-refractivity contribution in [2.75, 3.05) is 6.54 Å². The van der Waals surface area contributed by atoms with Crippen LogP contribution in [0, 0.1) is 0 Å². The number of halogens is 4. The van der Waals surface area contributed by atoms with Gasteiger partial charge in [-0.25, -0.2) is 0 Å². The van der Waals surface area contributed by atoms with Crippen molar-refractivity contribution in [2.24, 2.45) is 0 Å². The molecule has 3 rings (SSSR count). The van der Waals surface area contributed by atoms with Crippen LogP contribution in [0.4, 0.5) is 13.2 Å². The number of alkyl halides is 3. The third kappa shape index (κ3) is 6.23. The fraction of sp³-hybridized carbons (Fsp3) is 0.318. The van der Waals surface area contributed by atoms with Crippen LogP contribution in [0.2, 0.25) is 5.02 Å². The second-order valence-corrected chi connectivity index (χ2v) is 7.89. The first kappa shape index (κ1) is 23.6.